The van der Waals surface area contributed by atoms with Crippen molar-refractivity contribution in [3.05, 3.63) is 59.2 Å². The lowest BCUT2D eigenvalue weighted by atomic mass is 10.1. The summed E-state index contributed by atoms with van der Waals surface area (Å²) in [6.45, 7) is 5.75. The fraction of sp³-hybridized carbons (Fsp3) is 0.333. The van der Waals surface area contributed by atoms with Gasteiger partial charge in [0.05, 0.1) is 13.7 Å². The molecule has 0 aromatic heterocycles. The summed E-state index contributed by atoms with van der Waals surface area (Å²) < 4.78 is 5.10. The lowest BCUT2D eigenvalue weighted by Crippen LogP contribution is -2.17. The van der Waals surface area contributed by atoms with Crippen molar-refractivity contribution >= 4 is 12.6 Å². The molecule has 0 bridgehead atoms. The average molecular weight is 319 g/mol. The third-order valence-corrected chi connectivity index (χ3v) is 3.87. The Morgan fingerprint density at radius 3 is 2.18 bits per heavy atom. The van der Waals surface area contributed by atoms with E-state index >= 15 is 0 Å². The van der Waals surface area contributed by atoms with Gasteiger partial charge in [-0.3, -0.25) is 0 Å². The van der Waals surface area contributed by atoms with Crippen LogP contribution in [0.4, 0.5) is 0 Å². The highest BCUT2D eigenvalue weighted by Crippen LogP contribution is 2.23. The molecule has 0 saturated carbocycles. The highest BCUT2D eigenvalue weighted by molar-refractivity contribution is 7.80. The lowest BCUT2D eigenvalue weighted by molar-refractivity contribution is 0.292. The molecule has 0 saturated heterocycles. The summed E-state index contributed by atoms with van der Waals surface area (Å²) in [5.41, 5.74) is 3.57. The molecule has 0 unspecified atom stereocenters. The van der Waals surface area contributed by atoms with Crippen LogP contribution in [0.1, 0.15) is 16.7 Å². The minimum atomic E-state index is 0.201. The highest BCUT2D eigenvalue weighted by Gasteiger charge is 2.00. The first kappa shape index (κ1) is 18.6. The Kier molecular flexibility index (Phi) is 8.67. The van der Waals surface area contributed by atoms with Crippen LogP contribution < -0.4 is 10.1 Å². The van der Waals surface area contributed by atoms with Crippen LogP contribution in [0.15, 0.2) is 47.4 Å². The molecular formula is C18H25NO2S. The van der Waals surface area contributed by atoms with Crippen molar-refractivity contribution in [2.24, 2.45) is 0 Å². The van der Waals surface area contributed by atoms with E-state index in [1.54, 1.807) is 7.11 Å². The fourth-order valence-electron chi connectivity index (χ4n) is 1.94. The molecule has 0 aliphatic carbocycles. The van der Waals surface area contributed by atoms with Gasteiger partial charge >= 0.3 is 0 Å². The molecule has 0 aliphatic rings. The summed E-state index contributed by atoms with van der Waals surface area (Å²) in [5, 5.41) is 11.6. The van der Waals surface area contributed by atoms with Gasteiger partial charge in [0.15, 0.2) is 0 Å². The number of benzene rings is 2. The van der Waals surface area contributed by atoms with Crippen molar-refractivity contribution in [3.63, 3.8) is 0 Å². The van der Waals surface area contributed by atoms with Gasteiger partial charge in [0, 0.05) is 18.0 Å². The van der Waals surface area contributed by atoms with Crippen molar-refractivity contribution < 1.29 is 9.84 Å². The number of ether oxygens (including phenoxy) is 1. The molecule has 2 aromatic rings. The van der Waals surface area contributed by atoms with E-state index < -0.39 is 0 Å². The molecule has 2 N–H and O–H groups in total. The molecule has 2 rings (SSSR count). The quantitative estimate of drug-likeness (QED) is 0.585. The maximum atomic E-state index is 8.48. The van der Waals surface area contributed by atoms with Gasteiger partial charge < -0.3 is 15.2 Å². The molecule has 4 heteroatoms. The van der Waals surface area contributed by atoms with Gasteiger partial charge in [-0.15, -0.1) is 12.6 Å². The number of aryl methyl sites for hydroxylation is 2. The van der Waals surface area contributed by atoms with Gasteiger partial charge in [0.2, 0.25) is 0 Å². The third-order valence-electron chi connectivity index (χ3n) is 3.16. The van der Waals surface area contributed by atoms with Gasteiger partial charge in [0.25, 0.3) is 0 Å². The first-order valence-electron chi connectivity index (χ1n) is 7.28. The first-order chi connectivity index (χ1) is 10.6. The second kappa shape index (κ2) is 10.3. The van der Waals surface area contributed by atoms with E-state index in [0.29, 0.717) is 6.54 Å². The van der Waals surface area contributed by atoms with Crippen molar-refractivity contribution in [1.82, 2.24) is 5.32 Å². The summed E-state index contributed by atoms with van der Waals surface area (Å²) in [5.74, 6) is 0.901. The Morgan fingerprint density at radius 1 is 1.09 bits per heavy atom. The minimum absolute atomic E-state index is 0.201. The standard InChI is InChI=1S/C9H13NO.C9H12OS/c11-7-6-10-8-9-4-2-1-3-5-9;1-6-4-8(10-3)5-7(2)9(6)11/h1-5,10-11H,6-8H2;4-5,11H,1-3H3. The van der Waals surface area contributed by atoms with E-state index in [9.17, 15) is 0 Å². The molecule has 0 amide bonds. The van der Waals surface area contributed by atoms with Crippen LogP contribution in [0, 0.1) is 13.8 Å². The van der Waals surface area contributed by atoms with Crippen LogP contribution in [0.3, 0.4) is 0 Å². The maximum Gasteiger partial charge on any atom is 0.119 e. The van der Waals surface area contributed by atoms with Crippen molar-refractivity contribution in [1.29, 1.82) is 0 Å². The number of hydrogen-bond donors (Lipinski definition) is 3. The SMILES string of the molecule is COc1cc(C)c(S)c(C)c1.OCCNCc1ccccc1. The first-order valence-corrected chi connectivity index (χ1v) is 7.73. The smallest absolute Gasteiger partial charge is 0.119 e. The normalized spacial score (nSPS) is 9.86. The zero-order valence-electron chi connectivity index (χ0n) is 13.5. The van der Waals surface area contributed by atoms with Gasteiger partial charge in [-0.25, -0.2) is 0 Å². The topological polar surface area (TPSA) is 41.5 Å². The van der Waals surface area contributed by atoms with Crippen molar-refractivity contribution in [2.75, 3.05) is 20.3 Å². The van der Waals surface area contributed by atoms with E-state index in [2.05, 4.69) is 30.1 Å². The van der Waals surface area contributed by atoms with Crippen LogP contribution in [-0.4, -0.2) is 25.4 Å². The Hall–Kier alpha value is -1.49. The fourth-order valence-corrected chi connectivity index (χ4v) is 2.07. The highest BCUT2D eigenvalue weighted by atomic mass is 32.1. The molecule has 0 fully saturated rings. The molecular weight excluding hydrogens is 294 g/mol. The maximum absolute atomic E-state index is 8.48. The molecule has 3 nitrogen and oxygen atoms in total. The predicted octanol–water partition coefficient (Wildman–Crippen LogP) is 3.37. The van der Waals surface area contributed by atoms with E-state index in [4.69, 9.17) is 9.84 Å². The largest absolute Gasteiger partial charge is 0.497 e. The number of hydrogen-bond acceptors (Lipinski definition) is 4. The molecule has 0 heterocycles. The summed E-state index contributed by atoms with van der Waals surface area (Å²) in [7, 11) is 1.67. The van der Waals surface area contributed by atoms with Crippen LogP contribution in [-0.2, 0) is 6.54 Å². The number of thiol groups is 1. The zero-order valence-corrected chi connectivity index (χ0v) is 14.4. The average Bonchev–Trinajstić information content (AvgIpc) is 2.54. The summed E-state index contributed by atoms with van der Waals surface area (Å²) in [6, 6.07) is 14.1. The lowest BCUT2D eigenvalue weighted by Gasteiger charge is -2.06. The molecule has 120 valence electrons. The van der Waals surface area contributed by atoms with Crippen LogP contribution in [0.5, 0.6) is 5.75 Å². The Balaban J connectivity index is 0.000000220. The molecule has 0 spiro atoms. The van der Waals surface area contributed by atoms with Crippen molar-refractivity contribution in [2.45, 2.75) is 25.3 Å². The summed E-state index contributed by atoms with van der Waals surface area (Å²) in [4.78, 5) is 1.05. The van der Waals surface area contributed by atoms with Crippen LogP contribution in [0.2, 0.25) is 0 Å². The van der Waals surface area contributed by atoms with Gasteiger partial charge in [0.1, 0.15) is 5.75 Å². The molecule has 0 aliphatic heterocycles. The van der Waals surface area contributed by atoms with Crippen LogP contribution >= 0.6 is 12.6 Å². The second-order valence-electron chi connectivity index (χ2n) is 5.00. The number of aliphatic hydroxyl groups excluding tert-OH is 1. The number of aliphatic hydroxyl groups is 1. The van der Waals surface area contributed by atoms with E-state index in [-0.39, 0.29) is 6.61 Å². The Morgan fingerprint density at radius 2 is 1.68 bits per heavy atom. The van der Waals surface area contributed by atoms with E-state index in [1.165, 1.54) is 5.56 Å². The van der Waals surface area contributed by atoms with Gasteiger partial charge in [-0.05, 0) is 42.7 Å². The Labute approximate surface area is 138 Å². The monoisotopic (exact) mass is 319 g/mol. The Bertz CT molecular complexity index is 535. The zero-order chi connectivity index (χ0) is 16.4. The molecule has 2 aromatic carbocycles. The van der Waals surface area contributed by atoms with Crippen molar-refractivity contribution in [3.8, 4) is 5.75 Å². The number of rotatable bonds is 5. The molecule has 22 heavy (non-hydrogen) atoms. The van der Waals surface area contributed by atoms with Crippen LogP contribution in [0.25, 0.3) is 0 Å². The molecule has 0 atom stereocenters. The second-order valence-corrected chi connectivity index (χ2v) is 5.44. The summed E-state index contributed by atoms with van der Waals surface area (Å²) in [6.07, 6.45) is 0. The van der Waals surface area contributed by atoms with E-state index in [0.717, 1.165) is 28.3 Å². The summed E-state index contributed by atoms with van der Waals surface area (Å²) >= 11 is 4.34. The number of nitrogens with one attached hydrogen (secondary N) is 1. The van der Waals surface area contributed by atoms with Gasteiger partial charge in [-0.1, -0.05) is 30.3 Å². The van der Waals surface area contributed by atoms with Gasteiger partial charge in [-0.2, -0.15) is 0 Å². The predicted molar refractivity (Wildman–Crippen MR) is 95.0 cm³/mol. The molecule has 0 radical (unpaired) electrons. The number of methoxy groups -OCH3 is 1. The van der Waals surface area contributed by atoms with E-state index in [1.807, 2.05) is 44.2 Å². The minimum Gasteiger partial charge on any atom is -0.497 e. The third kappa shape index (κ3) is 6.52.